The highest BCUT2D eigenvalue weighted by atomic mass is 35.5. The average Bonchev–Trinajstić information content (AvgIpc) is 2.09. The van der Waals surface area contributed by atoms with Crippen molar-refractivity contribution in [3.63, 3.8) is 0 Å². The van der Waals surface area contributed by atoms with Crippen molar-refractivity contribution in [3.8, 4) is 0 Å². The fourth-order valence-corrected chi connectivity index (χ4v) is 1.11. The fraction of sp³-hybridized carbons (Fsp3) is 0.500. The molecule has 0 fully saturated rings. The van der Waals surface area contributed by atoms with Gasteiger partial charge in [0, 0.05) is 6.61 Å². The lowest BCUT2D eigenvalue weighted by atomic mass is 10.2. The van der Waals surface area contributed by atoms with E-state index in [-0.39, 0.29) is 11.0 Å². The van der Waals surface area contributed by atoms with E-state index < -0.39 is 11.9 Å². The van der Waals surface area contributed by atoms with Crippen LogP contribution in [0.4, 0.5) is 4.39 Å². The standard InChI is InChI=1S/C8H10ClFN2O/c1-3-13-5(2)7-6(10)4-11-8(9)12-7/h4-5H,3H2,1-2H3. The number of rotatable bonds is 3. The second kappa shape index (κ2) is 4.48. The van der Waals surface area contributed by atoms with Gasteiger partial charge in [-0.15, -0.1) is 0 Å². The van der Waals surface area contributed by atoms with E-state index in [2.05, 4.69) is 9.97 Å². The van der Waals surface area contributed by atoms with Crippen LogP contribution in [0.5, 0.6) is 0 Å². The molecule has 1 aromatic rings. The van der Waals surface area contributed by atoms with Crippen LogP contribution in [0.3, 0.4) is 0 Å². The van der Waals surface area contributed by atoms with Crippen LogP contribution in [-0.2, 0) is 4.74 Å². The number of ether oxygens (including phenoxy) is 1. The molecule has 5 heteroatoms. The summed E-state index contributed by atoms with van der Waals surface area (Å²) in [6, 6.07) is 0. The monoisotopic (exact) mass is 204 g/mol. The second-order valence-corrected chi connectivity index (χ2v) is 2.81. The minimum Gasteiger partial charge on any atom is -0.372 e. The molecule has 0 saturated heterocycles. The minimum atomic E-state index is -0.495. The summed E-state index contributed by atoms with van der Waals surface area (Å²) >= 11 is 5.52. The van der Waals surface area contributed by atoms with Crippen LogP contribution in [0.2, 0.25) is 5.28 Å². The third kappa shape index (κ3) is 2.60. The number of hydrogen-bond acceptors (Lipinski definition) is 3. The molecular formula is C8H10ClFN2O. The van der Waals surface area contributed by atoms with E-state index in [4.69, 9.17) is 16.3 Å². The van der Waals surface area contributed by atoms with Gasteiger partial charge in [-0.2, -0.15) is 0 Å². The van der Waals surface area contributed by atoms with Gasteiger partial charge in [0.15, 0.2) is 5.82 Å². The molecule has 1 unspecified atom stereocenters. The second-order valence-electron chi connectivity index (χ2n) is 2.47. The Bertz CT molecular complexity index is 295. The van der Waals surface area contributed by atoms with Gasteiger partial charge in [0.25, 0.3) is 0 Å². The molecule has 1 atom stereocenters. The molecular weight excluding hydrogens is 195 g/mol. The Morgan fingerprint density at radius 3 is 3.00 bits per heavy atom. The predicted octanol–water partition coefficient (Wildman–Crippen LogP) is 2.37. The average molecular weight is 205 g/mol. The van der Waals surface area contributed by atoms with Crippen molar-refractivity contribution >= 4 is 11.6 Å². The molecule has 1 aromatic heterocycles. The molecule has 0 aromatic carbocycles. The van der Waals surface area contributed by atoms with Crippen molar-refractivity contribution in [3.05, 3.63) is 23.0 Å². The Labute approximate surface area is 80.9 Å². The zero-order chi connectivity index (χ0) is 9.84. The summed E-state index contributed by atoms with van der Waals surface area (Å²) in [4.78, 5) is 7.25. The molecule has 0 aliphatic heterocycles. The molecule has 0 aliphatic carbocycles. The summed E-state index contributed by atoms with van der Waals surface area (Å²) < 4.78 is 18.3. The zero-order valence-corrected chi connectivity index (χ0v) is 8.18. The van der Waals surface area contributed by atoms with Crippen LogP contribution in [0, 0.1) is 5.82 Å². The Morgan fingerprint density at radius 1 is 1.69 bits per heavy atom. The van der Waals surface area contributed by atoms with Gasteiger partial charge in [0.2, 0.25) is 5.28 Å². The first-order chi connectivity index (χ1) is 6.15. The normalized spacial score (nSPS) is 12.9. The van der Waals surface area contributed by atoms with E-state index in [0.29, 0.717) is 6.61 Å². The van der Waals surface area contributed by atoms with Crippen molar-refractivity contribution in [2.75, 3.05) is 6.61 Å². The van der Waals surface area contributed by atoms with E-state index >= 15 is 0 Å². The lowest BCUT2D eigenvalue weighted by molar-refractivity contribution is 0.0703. The van der Waals surface area contributed by atoms with Crippen LogP contribution in [0.25, 0.3) is 0 Å². The number of halogens is 2. The van der Waals surface area contributed by atoms with E-state index in [9.17, 15) is 4.39 Å². The van der Waals surface area contributed by atoms with Crippen LogP contribution in [0.15, 0.2) is 6.20 Å². The zero-order valence-electron chi connectivity index (χ0n) is 7.42. The van der Waals surface area contributed by atoms with Crippen molar-refractivity contribution in [2.45, 2.75) is 20.0 Å². The molecule has 0 bridgehead atoms. The largest absolute Gasteiger partial charge is 0.372 e. The first kappa shape index (κ1) is 10.3. The Kier molecular flexibility index (Phi) is 3.57. The van der Waals surface area contributed by atoms with Gasteiger partial charge in [-0.3, -0.25) is 0 Å². The fourth-order valence-electron chi connectivity index (χ4n) is 0.972. The van der Waals surface area contributed by atoms with Crippen molar-refractivity contribution in [1.82, 2.24) is 9.97 Å². The van der Waals surface area contributed by atoms with Gasteiger partial charge in [0.05, 0.1) is 12.3 Å². The van der Waals surface area contributed by atoms with Gasteiger partial charge in [0.1, 0.15) is 5.69 Å². The van der Waals surface area contributed by atoms with Gasteiger partial charge < -0.3 is 4.74 Å². The lowest BCUT2D eigenvalue weighted by Gasteiger charge is -2.10. The predicted molar refractivity (Wildman–Crippen MR) is 47.0 cm³/mol. The molecule has 0 N–H and O–H groups in total. The van der Waals surface area contributed by atoms with E-state index in [1.165, 1.54) is 0 Å². The first-order valence-electron chi connectivity index (χ1n) is 3.94. The number of hydrogen-bond donors (Lipinski definition) is 0. The van der Waals surface area contributed by atoms with Gasteiger partial charge in [-0.25, -0.2) is 14.4 Å². The van der Waals surface area contributed by atoms with Crippen LogP contribution in [-0.4, -0.2) is 16.6 Å². The molecule has 0 amide bonds. The minimum absolute atomic E-state index is 0.0305. The molecule has 0 aliphatic rings. The summed E-state index contributed by atoms with van der Waals surface area (Å²) in [6.45, 7) is 4.05. The smallest absolute Gasteiger partial charge is 0.222 e. The van der Waals surface area contributed by atoms with Crippen LogP contribution < -0.4 is 0 Å². The third-order valence-corrected chi connectivity index (χ3v) is 1.73. The summed E-state index contributed by atoms with van der Waals surface area (Å²) in [5, 5.41) is 0.0305. The Balaban J connectivity index is 2.91. The van der Waals surface area contributed by atoms with Crippen LogP contribution in [0.1, 0.15) is 25.6 Å². The highest BCUT2D eigenvalue weighted by Crippen LogP contribution is 2.18. The van der Waals surface area contributed by atoms with Gasteiger partial charge >= 0.3 is 0 Å². The molecule has 1 rings (SSSR count). The molecule has 72 valence electrons. The quantitative estimate of drug-likeness (QED) is 0.709. The molecule has 3 nitrogen and oxygen atoms in total. The Morgan fingerprint density at radius 2 is 2.38 bits per heavy atom. The summed E-state index contributed by atoms with van der Waals surface area (Å²) in [5.74, 6) is -0.495. The van der Waals surface area contributed by atoms with Gasteiger partial charge in [-0.1, -0.05) is 0 Å². The number of aromatic nitrogens is 2. The summed E-state index contributed by atoms with van der Waals surface area (Å²) in [5.41, 5.74) is 0.196. The van der Waals surface area contributed by atoms with E-state index in [1.807, 2.05) is 6.92 Å². The molecule has 0 saturated carbocycles. The first-order valence-corrected chi connectivity index (χ1v) is 4.32. The number of nitrogens with zero attached hydrogens (tertiary/aromatic N) is 2. The topological polar surface area (TPSA) is 35.0 Å². The van der Waals surface area contributed by atoms with Crippen molar-refractivity contribution in [1.29, 1.82) is 0 Å². The molecule has 0 radical (unpaired) electrons. The van der Waals surface area contributed by atoms with Gasteiger partial charge in [-0.05, 0) is 25.4 Å². The molecule has 0 spiro atoms. The summed E-state index contributed by atoms with van der Waals surface area (Å²) in [6.07, 6.45) is 0.644. The summed E-state index contributed by atoms with van der Waals surface area (Å²) in [7, 11) is 0. The lowest BCUT2D eigenvalue weighted by Crippen LogP contribution is -2.06. The maximum absolute atomic E-state index is 13.1. The molecule has 13 heavy (non-hydrogen) atoms. The van der Waals surface area contributed by atoms with Crippen LogP contribution >= 0.6 is 11.6 Å². The van der Waals surface area contributed by atoms with E-state index in [1.54, 1.807) is 6.92 Å². The highest BCUT2D eigenvalue weighted by Gasteiger charge is 2.13. The molecule has 1 heterocycles. The SMILES string of the molecule is CCOC(C)c1nc(Cl)ncc1F. The van der Waals surface area contributed by atoms with Crippen molar-refractivity contribution in [2.24, 2.45) is 0 Å². The third-order valence-electron chi connectivity index (χ3n) is 1.54. The van der Waals surface area contributed by atoms with E-state index in [0.717, 1.165) is 6.20 Å². The maximum Gasteiger partial charge on any atom is 0.222 e. The maximum atomic E-state index is 13.1. The Hall–Kier alpha value is -0.740. The highest BCUT2D eigenvalue weighted by molar-refractivity contribution is 6.28. The van der Waals surface area contributed by atoms with Crippen molar-refractivity contribution < 1.29 is 9.13 Å².